The Hall–Kier alpha value is -0.0400. The zero-order chi connectivity index (χ0) is 9.90. The second-order valence-corrected chi connectivity index (χ2v) is 5.18. The summed E-state index contributed by atoms with van der Waals surface area (Å²) in [5.74, 6) is 1.53. The van der Waals surface area contributed by atoms with Crippen LogP contribution in [0.2, 0.25) is 0 Å². The van der Waals surface area contributed by atoms with E-state index in [2.05, 4.69) is 20.8 Å². The zero-order valence-corrected chi connectivity index (χ0v) is 9.47. The van der Waals surface area contributed by atoms with E-state index in [1.807, 2.05) is 0 Å². The fourth-order valence-corrected chi connectivity index (χ4v) is 2.98. The Kier molecular flexibility index (Phi) is 3.78. The molecule has 1 aliphatic rings. The Morgan fingerprint density at radius 2 is 2.08 bits per heavy atom. The molecule has 0 aromatic rings. The SMILES string of the molecule is CCC1CCCCC1(N)CC(C)C. The van der Waals surface area contributed by atoms with Crippen molar-refractivity contribution in [3.05, 3.63) is 0 Å². The zero-order valence-electron chi connectivity index (χ0n) is 9.47. The number of nitrogens with two attached hydrogens (primary N) is 1. The summed E-state index contributed by atoms with van der Waals surface area (Å²) in [7, 11) is 0. The summed E-state index contributed by atoms with van der Waals surface area (Å²) < 4.78 is 0. The van der Waals surface area contributed by atoms with Gasteiger partial charge in [-0.1, -0.05) is 40.0 Å². The van der Waals surface area contributed by atoms with Gasteiger partial charge in [-0.05, 0) is 31.1 Å². The molecule has 13 heavy (non-hydrogen) atoms. The van der Waals surface area contributed by atoms with Crippen LogP contribution in [-0.2, 0) is 0 Å². The first-order chi connectivity index (χ1) is 6.08. The molecule has 1 saturated carbocycles. The lowest BCUT2D eigenvalue weighted by molar-refractivity contribution is 0.154. The highest BCUT2D eigenvalue weighted by Crippen LogP contribution is 2.37. The number of rotatable bonds is 3. The van der Waals surface area contributed by atoms with E-state index in [-0.39, 0.29) is 5.54 Å². The van der Waals surface area contributed by atoms with Crippen molar-refractivity contribution in [3.8, 4) is 0 Å². The molecule has 0 heterocycles. The minimum Gasteiger partial charge on any atom is -0.325 e. The van der Waals surface area contributed by atoms with E-state index in [9.17, 15) is 0 Å². The second-order valence-electron chi connectivity index (χ2n) is 5.18. The lowest BCUT2D eigenvalue weighted by Gasteiger charge is -2.42. The molecule has 0 radical (unpaired) electrons. The summed E-state index contributed by atoms with van der Waals surface area (Å²) in [4.78, 5) is 0. The monoisotopic (exact) mass is 183 g/mol. The van der Waals surface area contributed by atoms with Crippen molar-refractivity contribution in [1.29, 1.82) is 0 Å². The lowest BCUT2D eigenvalue weighted by atomic mass is 9.68. The van der Waals surface area contributed by atoms with Crippen molar-refractivity contribution in [2.24, 2.45) is 17.6 Å². The van der Waals surface area contributed by atoms with Crippen LogP contribution in [0.1, 0.15) is 59.3 Å². The van der Waals surface area contributed by atoms with Crippen molar-refractivity contribution in [2.45, 2.75) is 64.8 Å². The van der Waals surface area contributed by atoms with Gasteiger partial charge in [-0.3, -0.25) is 0 Å². The van der Waals surface area contributed by atoms with Crippen LogP contribution in [-0.4, -0.2) is 5.54 Å². The normalized spacial score (nSPS) is 35.3. The van der Waals surface area contributed by atoms with Crippen molar-refractivity contribution in [3.63, 3.8) is 0 Å². The maximum atomic E-state index is 6.51. The third kappa shape index (κ3) is 2.70. The highest BCUT2D eigenvalue weighted by molar-refractivity contribution is 4.94. The van der Waals surface area contributed by atoms with Gasteiger partial charge in [0.05, 0.1) is 0 Å². The molecule has 0 bridgehead atoms. The molecular weight excluding hydrogens is 158 g/mol. The van der Waals surface area contributed by atoms with E-state index in [0.717, 1.165) is 11.8 Å². The average Bonchev–Trinajstić information content (AvgIpc) is 2.03. The molecule has 2 N–H and O–H groups in total. The summed E-state index contributed by atoms with van der Waals surface area (Å²) in [6.45, 7) is 6.86. The minimum absolute atomic E-state index is 0.168. The van der Waals surface area contributed by atoms with Crippen LogP contribution < -0.4 is 5.73 Å². The predicted molar refractivity (Wildman–Crippen MR) is 58.6 cm³/mol. The Bertz CT molecular complexity index is 153. The van der Waals surface area contributed by atoms with Crippen LogP contribution in [0.5, 0.6) is 0 Å². The highest BCUT2D eigenvalue weighted by atomic mass is 14.8. The van der Waals surface area contributed by atoms with Gasteiger partial charge < -0.3 is 5.73 Å². The Labute approximate surface area is 83.1 Å². The molecule has 2 atom stereocenters. The molecule has 0 aliphatic heterocycles. The van der Waals surface area contributed by atoms with Crippen molar-refractivity contribution in [2.75, 3.05) is 0 Å². The molecule has 2 unspecified atom stereocenters. The molecule has 0 saturated heterocycles. The van der Waals surface area contributed by atoms with Gasteiger partial charge in [0.15, 0.2) is 0 Å². The van der Waals surface area contributed by atoms with Gasteiger partial charge in [0, 0.05) is 5.54 Å². The van der Waals surface area contributed by atoms with Gasteiger partial charge >= 0.3 is 0 Å². The number of hydrogen-bond donors (Lipinski definition) is 1. The molecular formula is C12H25N. The van der Waals surface area contributed by atoms with Gasteiger partial charge in [-0.15, -0.1) is 0 Å². The van der Waals surface area contributed by atoms with E-state index < -0.39 is 0 Å². The lowest BCUT2D eigenvalue weighted by Crippen LogP contribution is -2.49. The van der Waals surface area contributed by atoms with E-state index in [1.165, 1.54) is 38.5 Å². The number of hydrogen-bond acceptors (Lipinski definition) is 1. The van der Waals surface area contributed by atoms with Crippen LogP contribution in [0, 0.1) is 11.8 Å². The summed E-state index contributed by atoms with van der Waals surface area (Å²) in [5, 5.41) is 0. The molecule has 1 heteroatoms. The van der Waals surface area contributed by atoms with E-state index >= 15 is 0 Å². The molecule has 1 fully saturated rings. The molecule has 1 aliphatic carbocycles. The highest BCUT2D eigenvalue weighted by Gasteiger charge is 2.35. The van der Waals surface area contributed by atoms with Crippen LogP contribution >= 0.6 is 0 Å². The van der Waals surface area contributed by atoms with Gasteiger partial charge in [0.25, 0.3) is 0 Å². The Morgan fingerprint density at radius 1 is 1.38 bits per heavy atom. The van der Waals surface area contributed by atoms with Crippen molar-refractivity contribution < 1.29 is 0 Å². The van der Waals surface area contributed by atoms with Crippen LogP contribution in [0.3, 0.4) is 0 Å². The maximum absolute atomic E-state index is 6.51. The van der Waals surface area contributed by atoms with Crippen molar-refractivity contribution >= 4 is 0 Å². The van der Waals surface area contributed by atoms with Crippen LogP contribution in [0.4, 0.5) is 0 Å². The molecule has 78 valence electrons. The topological polar surface area (TPSA) is 26.0 Å². The van der Waals surface area contributed by atoms with Gasteiger partial charge in [-0.25, -0.2) is 0 Å². The van der Waals surface area contributed by atoms with E-state index in [1.54, 1.807) is 0 Å². The Morgan fingerprint density at radius 3 is 2.62 bits per heavy atom. The summed E-state index contributed by atoms with van der Waals surface area (Å²) in [5.41, 5.74) is 6.68. The molecule has 1 nitrogen and oxygen atoms in total. The third-order valence-electron chi connectivity index (χ3n) is 3.54. The molecule has 0 aromatic carbocycles. The van der Waals surface area contributed by atoms with E-state index in [0.29, 0.717) is 0 Å². The largest absolute Gasteiger partial charge is 0.325 e. The smallest absolute Gasteiger partial charge is 0.0185 e. The second kappa shape index (κ2) is 4.45. The maximum Gasteiger partial charge on any atom is 0.0185 e. The fourth-order valence-electron chi connectivity index (χ4n) is 2.98. The quantitative estimate of drug-likeness (QED) is 0.713. The van der Waals surface area contributed by atoms with Gasteiger partial charge in [0.2, 0.25) is 0 Å². The van der Waals surface area contributed by atoms with Crippen molar-refractivity contribution in [1.82, 2.24) is 0 Å². The predicted octanol–water partition coefficient (Wildman–Crippen LogP) is 3.33. The molecule has 0 aromatic heterocycles. The average molecular weight is 183 g/mol. The molecule has 0 spiro atoms. The van der Waals surface area contributed by atoms with Crippen LogP contribution in [0.25, 0.3) is 0 Å². The first-order valence-electron chi connectivity index (χ1n) is 5.87. The van der Waals surface area contributed by atoms with Gasteiger partial charge in [0.1, 0.15) is 0 Å². The van der Waals surface area contributed by atoms with E-state index in [4.69, 9.17) is 5.73 Å². The summed E-state index contributed by atoms with van der Waals surface area (Å²) in [6.07, 6.45) is 7.84. The minimum atomic E-state index is 0.168. The van der Waals surface area contributed by atoms with Gasteiger partial charge in [-0.2, -0.15) is 0 Å². The fraction of sp³-hybridized carbons (Fsp3) is 1.00. The first-order valence-corrected chi connectivity index (χ1v) is 5.87. The summed E-state index contributed by atoms with van der Waals surface area (Å²) >= 11 is 0. The first kappa shape index (κ1) is 11.0. The summed E-state index contributed by atoms with van der Waals surface area (Å²) in [6, 6.07) is 0. The Balaban J connectivity index is 2.59. The van der Waals surface area contributed by atoms with Crippen LogP contribution in [0.15, 0.2) is 0 Å². The third-order valence-corrected chi connectivity index (χ3v) is 3.54. The standard InChI is InChI=1S/C12H25N/c1-4-11-7-5-6-8-12(11,13)9-10(2)3/h10-11H,4-9,13H2,1-3H3. The molecule has 1 rings (SSSR count). The molecule has 0 amide bonds.